The molecule has 2 heterocycles. The number of sulfonamides is 1. The zero-order valence-electron chi connectivity index (χ0n) is 10.7. The Morgan fingerprint density at radius 1 is 1.60 bits per heavy atom. The van der Waals surface area contributed by atoms with Crippen molar-refractivity contribution in [3.63, 3.8) is 0 Å². The summed E-state index contributed by atoms with van der Waals surface area (Å²) in [5.41, 5.74) is -0.825. The first-order valence-corrected chi connectivity index (χ1v) is 8.89. The Morgan fingerprint density at radius 2 is 2.35 bits per heavy atom. The monoisotopic (exact) mass is 335 g/mol. The van der Waals surface area contributed by atoms with Gasteiger partial charge in [-0.25, -0.2) is 18.1 Å². The van der Waals surface area contributed by atoms with Crippen LogP contribution in [-0.4, -0.2) is 25.2 Å². The van der Waals surface area contributed by atoms with Crippen molar-refractivity contribution in [2.45, 2.75) is 36.1 Å². The molecule has 1 aliphatic heterocycles. The molecule has 1 aromatic rings. The first kappa shape index (κ1) is 14.1. The Hall–Kier alpha value is -0.830. The third-order valence-corrected chi connectivity index (χ3v) is 6.81. The largest absolute Gasteiger partial charge is 0.369 e. The van der Waals surface area contributed by atoms with Crippen LogP contribution >= 0.6 is 22.9 Å². The lowest BCUT2D eigenvalue weighted by Crippen LogP contribution is -2.43. The van der Waals surface area contributed by atoms with Crippen LogP contribution in [0.4, 0.5) is 5.69 Å². The number of rotatable bonds is 1. The Kier molecular flexibility index (Phi) is 3.24. The predicted molar refractivity (Wildman–Crippen MR) is 78.7 cm³/mol. The van der Waals surface area contributed by atoms with Gasteiger partial charge in [-0.05, 0) is 25.3 Å². The van der Waals surface area contributed by atoms with Crippen molar-refractivity contribution in [1.82, 2.24) is 4.72 Å². The summed E-state index contributed by atoms with van der Waals surface area (Å²) in [5, 5.41) is 13.3. The van der Waals surface area contributed by atoms with Crippen LogP contribution in [0, 0.1) is 5.92 Å². The minimum atomic E-state index is -3.68. The normalized spacial score (nSPS) is 33.5. The number of anilines is 1. The molecule has 0 saturated heterocycles. The van der Waals surface area contributed by atoms with E-state index in [1.807, 2.05) is 6.92 Å². The average molecular weight is 336 g/mol. The number of aliphatic hydroxyl groups is 1. The second kappa shape index (κ2) is 4.59. The lowest BCUT2D eigenvalue weighted by molar-refractivity contribution is 0.0182. The highest BCUT2D eigenvalue weighted by molar-refractivity contribution is 7.92. The van der Waals surface area contributed by atoms with Gasteiger partial charge in [0, 0.05) is 5.92 Å². The summed E-state index contributed by atoms with van der Waals surface area (Å²) < 4.78 is 27.0. The summed E-state index contributed by atoms with van der Waals surface area (Å²) in [6.45, 7) is 1.90. The third-order valence-electron chi connectivity index (χ3n) is 3.67. The third kappa shape index (κ3) is 2.30. The predicted octanol–water partition coefficient (Wildman–Crippen LogP) is 1.97. The fourth-order valence-electron chi connectivity index (χ4n) is 2.52. The number of thiophene rings is 1. The topological polar surface area (TPSA) is 90.8 Å². The van der Waals surface area contributed by atoms with E-state index in [1.54, 1.807) is 0 Å². The minimum Gasteiger partial charge on any atom is -0.369 e. The molecule has 0 bridgehead atoms. The van der Waals surface area contributed by atoms with E-state index in [2.05, 4.69) is 15.0 Å². The Labute approximate surface area is 125 Å². The van der Waals surface area contributed by atoms with Crippen molar-refractivity contribution in [1.29, 1.82) is 0 Å². The molecule has 2 unspecified atom stereocenters. The second-order valence-electron chi connectivity index (χ2n) is 5.11. The van der Waals surface area contributed by atoms with Gasteiger partial charge in [-0.1, -0.05) is 18.5 Å². The van der Waals surface area contributed by atoms with Crippen LogP contribution in [0.15, 0.2) is 15.3 Å². The zero-order valence-corrected chi connectivity index (χ0v) is 13.1. The molecule has 20 heavy (non-hydrogen) atoms. The number of hydrogen-bond donors (Lipinski definition) is 3. The van der Waals surface area contributed by atoms with E-state index in [-0.39, 0.29) is 16.1 Å². The SMILES string of the molecule is CC1CCCC1(O)N=C1Nc2cc(Cl)sc2S(=O)(=O)N1. The number of hydrogen-bond acceptors (Lipinski definition) is 5. The number of nitrogens with one attached hydrogen (secondary N) is 2. The summed E-state index contributed by atoms with van der Waals surface area (Å²) in [6, 6.07) is 1.54. The van der Waals surface area contributed by atoms with Crippen molar-refractivity contribution in [2.24, 2.45) is 10.9 Å². The van der Waals surface area contributed by atoms with Gasteiger partial charge < -0.3 is 10.4 Å². The van der Waals surface area contributed by atoms with Crippen molar-refractivity contribution in [3.05, 3.63) is 10.4 Å². The van der Waals surface area contributed by atoms with E-state index in [0.29, 0.717) is 16.4 Å². The number of guanidine groups is 1. The van der Waals surface area contributed by atoms with E-state index in [9.17, 15) is 13.5 Å². The molecule has 6 nitrogen and oxygen atoms in total. The molecule has 2 aliphatic rings. The van der Waals surface area contributed by atoms with Gasteiger partial charge in [0.1, 0.15) is 0 Å². The van der Waals surface area contributed by atoms with Crippen LogP contribution in [0.3, 0.4) is 0 Å². The maximum Gasteiger partial charge on any atom is 0.275 e. The highest BCUT2D eigenvalue weighted by atomic mass is 35.5. The van der Waals surface area contributed by atoms with Crippen LogP contribution in [0.2, 0.25) is 4.34 Å². The molecule has 110 valence electrons. The fraction of sp³-hybridized carbons (Fsp3) is 0.545. The van der Waals surface area contributed by atoms with Gasteiger partial charge in [0.05, 0.1) is 10.0 Å². The van der Waals surface area contributed by atoms with E-state index in [0.717, 1.165) is 24.2 Å². The Balaban J connectivity index is 1.99. The van der Waals surface area contributed by atoms with E-state index in [4.69, 9.17) is 11.6 Å². The summed E-state index contributed by atoms with van der Waals surface area (Å²) in [4.78, 5) is 4.18. The molecule has 2 atom stereocenters. The molecule has 1 saturated carbocycles. The lowest BCUT2D eigenvalue weighted by Gasteiger charge is -2.26. The van der Waals surface area contributed by atoms with Crippen LogP contribution in [-0.2, 0) is 10.0 Å². The molecule has 1 fully saturated rings. The van der Waals surface area contributed by atoms with Crippen LogP contribution < -0.4 is 10.0 Å². The molecule has 0 spiro atoms. The number of halogens is 1. The van der Waals surface area contributed by atoms with Crippen molar-refractivity contribution in [2.75, 3.05) is 5.32 Å². The van der Waals surface area contributed by atoms with E-state index < -0.39 is 15.7 Å². The lowest BCUT2D eigenvalue weighted by atomic mass is 10.0. The Bertz CT molecular complexity index is 685. The van der Waals surface area contributed by atoms with Gasteiger partial charge in [-0.3, -0.25) is 0 Å². The first-order valence-electron chi connectivity index (χ1n) is 6.21. The summed E-state index contributed by atoms with van der Waals surface area (Å²) in [6.07, 6.45) is 2.27. The van der Waals surface area contributed by atoms with E-state index in [1.165, 1.54) is 6.07 Å². The minimum absolute atomic E-state index is 0.00577. The zero-order chi connectivity index (χ0) is 14.5. The van der Waals surface area contributed by atoms with Crippen molar-refractivity contribution >= 4 is 44.6 Å². The van der Waals surface area contributed by atoms with Gasteiger partial charge in [-0.15, -0.1) is 11.3 Å². The summed E-state index contributed by atoms with van der Waals surface area (Å²) in [5.74, 6) is 0.0389. The van der Waals surface area contributed by atoms with Crippen LogP contribution in [0.25, 0.3) is 0 Å². The molecule has 9 heteroatoms. The van der Waals surface area contributed by atoms with Crippen LogP contribution in [0.5, 0.6) is 0 Å². The van der Waals surface area contributed by atoms with Crippen LogP contribution in [0.1, 0.15) is 26.2 Å². The van der Waals surface area contributed by atoms with Gasteiger partial charge in [0.15, 0.2) is 9.93 Å². The van der Waals surface area contributed by atoms with Gasteiger partial charge >= 0.3 is 0 Å². The smallest absolute Gasteiger partial charge is 0.275 e. The maximum atomic E-state index is 12.1. The quantitative estimate of drug-likeness (QED) is 0.731. The molecule has 0 radical (unpaired) electrons. The van der Waals surface area contributed by atoms with E-state index >= 15 is 0 Å². The van der Waals surface area contributed by atoms with Crippen molar-refractivity contribution in [3.8, 4) is 0 Å². The highest BCUT2D eigenvalue weighted by Gasteiger charge is 2.40. The molecule has 3 rings (SSSR count). The molecule has 0 aromatic carbocycles. The van der Waals surface area contributed by atoms with Crippen molar-refractivity contribution < 1.29 is 13.5 Å². The molecule has 0 amide bonds. The second-order valence-corrected chi connectivity index (χ2v) is 8.68. The molecule has 3 N–H and O–H groups in total. The summed E-state index contributed by atoms with van der Waals surface area (Å²) in [7, 11) is -3.68. The average Bonchev–Trinajstić information content (AvgIpc) is 2.83. The van der Waals surface area contributed by atoms with Gasteiger partial charge in [-0.2, -0.15) is 0 Å². The maximum absolute atomic E-state index is 12.1. The van der Waals surface area contributed by atoms with Gasteiger partial charge in [0.2, 0.25) is 5.96 Å². The first-order chi connectivity index (χ1) is 9.30. The molecule has 1 aromatic heterocycles. The molecule has 1 aliphatic carbocycles. The number of fused-ring (bicyclic) bond motifs is 1. The van der Waals surface area contributed by atoms with Gasteiger partial charge in [0.25, 0.3) is 10.0 Å². The number of aliphatic imine (C=N–C) groups is 1. The molecular weight excluding hydrogens is 322 g/mol. The molecular formula is C11H14ClN3O3S2. The highest BCUT2D eigenvalue weighted by Crippen LogP contribution is 2.39. The standard InChI is InChI=1S/C11H14ClN3O3S2/c1-6-3-2-4-11(6,16)14-10-13-7-5-8(12)19-9(7)20(17,18)15-10/h5-6,16H,2-4H2,1H3,(H2,13,14,15). The number of nitrogens with zero attached hydrogens (tertiary/aromatic N) is 1. The fourth-order valence-corrected chi connectivity index (χ4v) is 5.24. The summed E-state index contributed by atoms with van der Waals surface area (Å²) >= 11 is 6.82. The Morgan fingerprint density at radius 3 is 3.00 bits per heavy atom.